The molecule has 7 heteroatoms. The van der Waals surface area contributed by atoms with Crippen molar-refractivity contribution in [2.24, 2.45) is 0 Å². The minimum atomic E-state index is -0.284. The largest absolute Gasteiger partial charge is 0.321 e. The molecule has 0 aliphatic heterocycles. The predicted molar refractivity (Wildman–Crippen MR) is 84.5 cm³/mol. The Hall–Kier alpha value is -3.48. The smallest absolute Gasteiger partial charge is 0.276 e. The monoisotopic (exact) mass is 304 g/mol. The number of nitrogens with one attached hydrogen (secondary N) is 1. The molecular weight excluding hydrogens is 292 g/mol. The Balaban J connectivity index is 1.60. The summed E-state index contributed by atoms with van der Waals surface area (Å²) < 4.78 is 3.29. The Kier molecular flexibility index (Phi) is 3.09. The fraction of sp³-hybridized carbons (Fsp3) is 0. The number of carbonyl (C=O) groups excluding carboxylic acids is 1. The van der Waals surface area contributed by atoms with Crippen LogP contribution in [-0.4, -0.2) is 30.3 Å². The number of nitrogens with zero attached hydrogens (tertiary/aromatic N) is 5. The summed E-state index contributed by atoms with van der Waals surface area (Å²) in [5.41, 5.74) is 2.48. The molecule has 0 spiro atoms. The summed E-state index contributed by atoms with van der Waals surface area (Å²) in [5, 5.41) is 11.2. The van der Waals surface area contributed by atoms with E-state index in [4.69, 9.17) is 0 Å². The molecule has 1 N–H and O–H groups in total. The van der Waals surface area contributed by atoms with Gasteiger partial charge < -0.3 is 5.32 Å². The van der Waals surface area contributed by atoms with Crippen molar-refractivity contribution in [1.82, 2.24) is 24.4 Å². The van der Waals surface area contributed by atoms with Crippen molar-refractivity contribution in [3.05, 3.63) is 72.9 Å². The van der Waals surface area contributed by atoms with Crippen molar-refractivity contribution in [2.75, 3.05) is 5.32 Å². The van der Waals surface area contributed by atoms with Crippen molar-refractivity contribution in [2.45, 2.75) is 0 Å². The van der Waals surface area contributed by atoms with Gasteiger partial charge in [0, 0.05) is 36.5 Å². The topological polar surface area (TPSA) is 77.1 Å². The number of carbonyl (C=O) groups is 1. The number of anilines is 1. The van der Waals surface area contributed by atoms with E-state index in [9.17, 15) is 4.79 Å². The molecule has 0 radical (unpaired) electrons. The Labute approximate surface area is 131 Å². The average molecular weight is 304 g/mol. The zero-order valence-electron chi connectivity index (χ0n) is 12.0. The molecule has 4 rings (SSSR count). The van der Waals surface area contributed by atoms with Gasteiger partial charge in [-0.05, 0) is 30.3 Å². The van der Waals surface area contributed by atoms with E-state index in [1.165, 1.54) is 0 Å². The summed E-state index contributed by atoms with van der Waals surface area (Å²) >= 11 is 0. The summed E-state index contributed by atoms with van der Waals surface area (Å²) in [7, 11) is 0. The van der Waals surface area contributed by atoms with Crippen LogP contribution in [0.3, 0.4) is 0 Å². The first-order valence-corrected chi connectivity index (χ1v) is 7.01. The van der Waals surface area contributed by atoms with Gasteiger partial charge in [0.2, 0.25) is 0 Å². The van der Waals surface area contributed by atoms with Crippen LogP contribution in [0.4, 0.5) is 5.69 Å². The van der Waals surface area contributed by atoms with Crippen molar-refractivity contribution >= 4 is 17.2 Å². The van der Waals surface area contributed by atoms with E-state index in [0.29, 0.717) is 17.0 Å². The van der Waals surface area contributed by atoms with Gasteiger partial charge in [0.05, 0.1) is 5.69 Å². The molecule has 0 unspecified atom stereocenters. The van der Waals surface area contributed by atoms with Gasteiger partial charge in [0.15, 0.2) is 11.3 Å². The third-order valence-electron chi connectivity index (χ3n) is 3.34. The van der Waals surface area contributed by atoms with E-state index < -0.39 is 0 Å². The van der Waals surface area contributed by atoms with Gasteiger partial charge in [-0.2, -0.15) is 10.2 Å². The van der Waals surface area contributed by atoms with Crippen LogP contribution in [0.25, 0.3) is 11.3 Å². The van der Waals surface area contributed by atoms with Crippen LogP contribution in [-0.2, 0) is 0 Å². The van der Waals surface area contributed by atoms with Crippen molar-refractivity contribution in [1.29, 1.82) is 0 Å². The molecule has 1 aromatic carbocycles. The summed E-state index contributed by atoms with van der Waals surface area (Å²) in [6.07, 6.45) is 6.95. The molecule has 0 aliphatic carbocycles. The molecule has 4 aromatic rings. The molecule has 0 bridgehead atoms. The second-order valence-electron chi connectivity index (χ2n) is 4.91. The Morgan fingerprint density at radius 1 is 1.04 bits per heavy atom. The Bertz CT molecular complexity index is 940. The van der Waals surface area contributed by atoms with Crippen LogP contribution in [0, 0.1) is 0 Å². The standard InChI is InChI=1S/C16H12N6O/c23-16(14-11-15-17-6-2-9-22(15)20-14)19-12-4-1-5-13(10-12)21-8-3-7-18-21/h1-11H,(H,19,23). The number of amides is 1. The van der Waals surface area contributed by atoms with E-state index in [-0.39, 0.29) is 5.91 Å². The third kappa shape index (κ3) is 2.55. The summed E-state index contributed by atoms with van der Waals surface area (Å²) in [6.45, 7) is 0. The lowest BCUT2D eigenvalue weighted by Gasteiger charge is -2.06. The minimum absolute atomic E-state index is 0.284. The molecule has 23 heavy (non-hydrogen) atoms. The van der Waals surface area contributed by atoms with E-state index in [1.807, 2.05) is 36.5 Å². The van der Waals surface area contributed by atoms with E-state index in [0.717, 1.165) is 5.69 Å². The average Bonchev–Trinajstić information content (AvgIpc) is 3.24. The minimum Gasteiger partial charge on any atom is -0.321 e. The fourth-order valence-electron chi connectivity index (χ4n) is 2.28. The van der Waals surface area contributed by atoms with E-state index in [2.05, 4.69) is 20.5 Å². The Morgan fingerprint density at radius 2 is 1.96 bits per heavy atom. The number of hydrogen-bond donors (Lipinski definition) is 1. The normalized spacial score (nSPS) is 10.8. The molecule has 0 aliphatic rings. The van der Waals surface area contributed by atoms with Gasteiger partial charge in [0.1, 0.15) is 0 Å². The zero-order chi connectivity index (χ0) is 15.6. The highest BCUT2D eigenvalue weighted by molar-refractivity contribution is 6.03. The lowest BCUT2D eigenvalue weighted by Crippen LogP contribution is -2.13. The predicted octanol–water partition coefficient (Wildman–Crippen LogP) is 2.17. The van der Waals surface area contributed by atoms with Crippen molar-refractivity contribution < 1.29 is 4.79 Å². The van der Waals surface area contributed by atoms with Gasteiger partial charge in [-0.3, -0.25) is 4.79 Å². The van der Waals surface area contributed by atoms with Crippen molar-refractivity contribution in [3.8, 4) is 5.69 Å². The molecule has 7 nitrogen and oxygen atoms in total. The van der Waals surface area contributed by atoms with Gasteiger partial charge in [-0.25, -0.2) is 14.2 Å². The maximum atomic E-state index is 12.3. The fourth-order valence-corrected chi connectivity index (χ4v) is 2.28. The van der Waals surface area contributed by atoms with E-state index >= 15 is 0 Å². The van der Waals surface area contributed by atoms with Crippen LogP contribution >= 0.6 is 0 Å². The number of hydrogen-bond acceptors (Lipinski definition) is 4. The van der Waals surface area contributed by atoms with Crippen LogP contribution in [0.2, 0.25) is 0 Å². The number of aromatic nitrogens is 5. The Morgan fingerprint density at radius 3 is 2.78 bits per heavy atom. The number of rotatable bonds is 3. The van der Waals surface area contributed by atoms with Gasteiger partial charge >= 0.3 is 0 Å². The van der Waals surface area contributed by atoms with Crippen LogP contribution in [0.15, 0.2) is 67.3 Å². The molecular formula is C16H12N6O. The summed E-state index contributed by atoms with van der Waals surface area (Å²) in [4.78, 5) is 16.5. The second-order valence-corrected chi connectivity index (χ2v) is 4.91. The molecule has 0 fully saturated rings. The second kappa shape index (κ2) is 5.38. The van der Waals surface area contributed by atoms with Crippen LogP contribution in [0.1, 0.15) is 10.5 Å². The molecule has 0 saturated heterocycles. The highest BCUT2D eigenvalue weighted by Crippen LogP contribution is 2.15. The quantitative estimate of drug-likeness (QED) is 0.629. The first-order chi connectivity index (χ1) is 11.3. The van der Waals surface area contributed by atoms with Gasteiger partial charge in [-0.1, -0.05) is 6.07 Å². The molecule has 1 amide bonds. The first-order valence-electron chi connectivity index (χ1n) is 7.01. The summed E-state index contributed by atoms with van der Waals surface area (Å²) in [5.74, 6) is -0.284. The van der Waals surface area contributed by atoms with Gasteiger partial charge in [0.25, 0.3) is 5.91 Å². The SMILES string of the molecule is O=C(Nc1cccc(-n2cccn2)c1)c1cc2ncccn2n1. The zero-order valence-corrected chi connectivity index (χ0v) is 12.0. The number of benzene rings is 1. The number of fused-ring (bicyclic) bond motifs is 1. The van der Waals surface area contributed by atoms with Crippen LogP contribution in [0.5, 0.6) is 0 Å². The van der Waals surface area contributed by atoms with E-state index in [1.54, 1.807) is 39.9 Å². The lowest BCUT2D eigenvalue weighted by molar-refractivity contribution is 0.102. The molecule has 3 heterocycles. The molecule has 112 valence electrons. The first kappa shape index (κ1) is 13.2. The van der Waals surface area contributed by atoms with Crippen LogP contribution < -0.4 is 5.32 Å². The highest BCUT2D eigenvalue weighted by atomic mass is 16.1. The summed E-state index contributed by atoms with van der Waals surface area (Å²) in [6, 6.07) is 12.7. The highest BCUT2D eigenvalue weighted by Gasteiger charge is 2.12. The third-order valence-corrected chi connectivity index (χ3v) is 3.34. The molecule has 3 aromatic heterocycles. The molecule has 0 atom stereocenters. The van der Waals surface area contributed by atoms with Crippen molar-refractivity contribution in [3.63, 3.8) is 0 Å². The maximum Gasteiger partial charge on any atom is 0.276 e. The lowest BCUT2D eigenvalue weighted by atomic mass is 10.2. The molecule has 0 saturated carbocycles. The van der Waals surface area contributed by atoms with Gasteiger partial charge in [-0.15, -0.1) is 0 Å². The maximum absolute atomic E-state index is 12.3.